The van der Waals surface area contributed by atoms with Gasteiger partial charge >= 0.3 is 0 Å². The van der Waals surface area contributed by atoms with Gasteiger partial charge in [0.15, 0.2) is 0 Å². The molecule has 1 aromatic rings. The van der Waals surface area contributed by atoms with Crippen molar-refractivity contribution in [1.29, 1.82) is 5.41 Å². The smallest absolute Gasteiger partial charge is 0.138 e. The van der Waals surface area contributed by atoms with Crippen molar-refractivity contribution in [3.8, 4) is 5.75 Å². The largest absolute Gasteiger partial charge is 0.489 e. The lowest BCUT2D eigenvalue weighted by Crippen LogP contribution is -2.21. The molecular formula is C10H12Cl2N2O. The number of nitrogens with two attached hydrogens (primary N) is 1. The van der Waals surface area contributed by atoms with Crippen molar-refractivity contribution in [2.24, 2.45) is 5.73 Å². The number of hydrogen-bond acceptors (Lipinski definition) is 2. The SMILES string of the molecule is CC(CC(=N)N)Oc1ccc(Cl)cc1Cl. The van der Waals surface area contributed by atoms with Crippen molar-refractivity contribution in [1.82, 2.24) is 0 Å². The van der Waals surface area contributed by atoms with Crippen LogP contribution in [0, 0.1) is 5.41 Å². The van der Waals surface area contributed by atoms with Crippen LogP contribution in [-0.2, 0) is 0 Å². The van der Waals surface area contributed by atoms with Gasteiger partial charge in [0.05, 0.1) is 10.9 Å². The number of ether oxygens (including phenoxy) is 1. The molecule has 0 aliphatic rings. The normalized spacial score (nSPS) is 12.2. The van der Waals surface area contributed by atoms with Gasteiger partial charge in [0, 0.05) is 11.4 Å². The minimum Gasteiger partial charge on any atom is -0.489 e. The first kappa shape index (κ1) is 12.1. The minimum atomic E-state index is -0.179. The molecule has 1 unspecified atom stereocenters. The summed E-state index contributed by atoms with van der Waals surface area (Å²) in [5, 5.41) is 8.14. The second-order valence-electron chi connectivity index (χ2n) is 3.23. The first-order valence-electron chi connectivity index (χ1n) is 4.43. The van der Waals surface area contributed by atoms with Crippen LogP contribution in [0.2, 0.25) is 10.0 Å². The summed E-state index contributed by atoms with van der Waals surface area (Å²) in [6, 6.07) is 5.00. The van der Waals surface area contributed by atoms with Gasteiger partial charge in [0.2, 0.25) is 0 Å². The molecule has 0 fully saturated rings. The van der Waals surface area contributed by atoms with E-state index in [0.717, 1.165) is 0 Å². The molecule has 82 valence electrons. The average molecular weight is 247 g/mol. The Hall–Kier alpha value is -0.930. The van der Waals surface area contributed by atoms with Crippen LogP contribution in [0.3, 0.4) is 0 Å². The predicted octanol–water partition coefficient (Wildman–Crippen LogP) is 3.09. The van der Waals surface area contributed by atoms with Crippen LogP contribution in [0.1, 0.15) is 13.3 Å². The predicted molar refractivity (Wildman–Crippen MR) is 63.1 cm³/mol. The Balaban J connectivity index is 2.68. The summed E-state index contributed by atoms with van der Waals surface area (Å²) in [4.78, 5) is 0. The summed E-state index contributed by atoms with van der Waals surface area (Å²) < 4.78 is 5.50. The van der Waals surface area contributed by atoms with E-state index in [4.69, 9.17) is 39.1 Å². The molecule has 3 N–H and O–H groups in total. The number of hydrogen-bond donors (Lipinski definition) is 2. The highest BCUT2D eigenvalue weighted by atomic mass is 35.5. The monoisotopic (exact) mass is 246 g/mol. The molecule has 1 aromatic carbocycles. The number of benzene rings is 1. The standard InChI is InChI=1S/C10H12Cl2N2O/c1-6(4-10(13)14)15-9-3-2-7(11)5-8(9)12/h2-3,5-6H,4H2,1H3,(H3,13,14). The summed E-state index contributed by atoms with van der Waals surface area (Å²) >= 11 is 11.7. The van der Waals surface area contributed by atoms with Gasteiger partial charge in [-0.2, -0.15) is 0 Å². The molecule has 0 heterocycles. The summed E-state index contributed by atoms with van der Waals surface area (Å²) in [6.07, 6.45) is 0.194. The molecule has 1 rings (SSSR count). The van der Waals surface area contributed by atoms with Gasteiger partial charge in [-0.05, 0) is 25.1 Å². The number of nitrogens with one attached hydrogen (secondary N) is 1. The Bertz CT molecular complexity index is 368. The van der Waals surface area contributed by atoms with E-state index >= 15 is 0 Å². The summed E-state index contributed by atoms with van der Waals surface area (Å²) in [6.45, 7) is 1.83. The molecule has 3 nitrogen and oxygen atoms in total. The van der Waals surface area contributed by atoms with Gasteiger partial charge in [-0.3, -0.25) is 5.41 Å². The Kier molecular flexibility index (Phi) is 4.24. The topological polar surface area (TPSA) is 59.1 Å². The second-order valence-corrected chi connectivity index (χ2v) is 4.08. The van der Waals surface area contributed by atoms with E-state index < -0.39 is 0 Å². The second kappa shape index (κ2) is 5.24. The van der Waals surface area contributed by atoms with Gasteiger partial charge in [-0.15, -0.1) is 0 Å². The van der Waals surface area contributed by atoms with Gasteiger partial charge in [-0.1, -0.05) is 23.2 Å². The molecule has 0 amide bonds. The van der Waals surface area contributed by atoms with Crippen molar-refractivity contribution >= 4 is 29.0 Å². The van der Waals surface area contributed by atoms with Gasteiger partial charge in [0.25, 0.3) is 0 Å². The maximum Gasteiger partial charge on any atom is 0.138 e. The van der Waals surface area contributed by atoms with E-state index in [-0.39, 0.29) is 11.9 Å². The van der Waals surface area contributed by atoms with Crippen molar-refractivity contribution in [2.75, 3.05) is 0 Å². The Morgan fingerprint density at radius 1 is 1.53 bits per heavy atom. The van der Waals surface area contributed by atoms with Gasteiger partial charge < -0.3 is 10.5 Å². The fourth-order valence-electron chi connectivity index (χ4n) is 1.14. The van der Waals surface area contributed by atoms with Crippen molar-refractivity contribution < 1.29 is 4.74 Å². The first-order chi connectivity index (χ1) is 6.99. The third kappa shape index (κ3) is 3.98. The van der Waals surface area contributed by atoms with E-state index in [1.807, 2.05) is 6.92 Å². The number of rotatable bonds is 4. The highest BCUT2D eigenvalue weighted by Crippen LogP contribution is 2.28. The zero-order valence-electron chi connectivity index (χ0n) is 8.26. The molecular weight excluding hydrogens is 235 g/mol. The first-order valence-corrected chi connectivity index (χ1v) is 5.19. The van der Waals surface area contributed by atoms with E-state index in [9.17, 15) is 0 Å². The van der Waals surface area contributed by atoms with Crippen LogP contribution in [0.25, 0.3) is 0 Å². The van der Waals surface area contributed by atoms with E-state index in [1.165, 1.54) is 0 Å². The zero-order chi connectivity index (χ0) is 11.4. The molecule has 0 aliphatic heterocycles. The summed E-state index contributed by atoms with van der Waals surface area (Å²) in [7, 11) is 0. The lowest BCUT2D eigenvalue weighted by atomic mass is 10.2. The third-order valence-corrected chi connectivity index (χ3v) is 2.26. The molecule has 5 heteroatoms. The van der Waals surface area contributed by atoms with Crippen LogP contribution in [0.15, 0.2) is 18.2 Å². The molecule has 0 aliphatic carbocycles. The van der Waals surface area contributed by atoms with Crippen LogP contribution < -0.4 is 10.5 Å². The van der Waals surface area contributed by atoms with Crippen molar-refractivity contribution in [3.05, 3.63) is 28.2 Å². The molecule has 1 atom stereocenters. The molecule has 0 aromatic heterocycles. The average Bonchev–Trinajstić information content (AvgIpc) is 2.08. The molecule has 15 heavy (non-hydrogen) atoms. The number of halogens is 2. The zero-order valence-corrected chi connectivity index (χ0v) is 9.77. The molecule has 0 bridgehead atoms. The molecule has 0 radical (unpaired) electrons. The third-order valence-electron chi connectivity index (χ3n) is 1.73. The number of amidine groups is 1. The summed E-state index contributed by atoms with van der Waals surface area (Å²) in [5.74, 6) is 0.641. The van der Waals surface area contributed by atoms with E-state index in [2.05, 4.69) is 0 Å². The molecule has 0 spiro atoms. The highest BCUT2D eigenvalue weighted by molar-refractivity contribution is 6.35. The van der Waals surface area contributed by atoms with Crippen LogP contribution in [0.5, 0.6) is 5.75 Å². The fraction of sp³-hybridized carbons (Fsp3) is 0.300. The van der Waals surface area contributed by atoms with Crippen molar-refractivity contribution in [2.45, 2.75) is 19.4 Å². The Morgan fingerprint density at radius 3 is 2.73 bits per heavy atom. The minimum absolute atomic E-state index is 0.0904. The van der Waals surface area contributed by atoms with Gasteiger partial charge in [0.1, 0.15) is 11.9 Å². The lowest BCUT2D eigenvalue weighted by Gasteiger charge is -2.14. The molecule has 0 saturated heterocycles. The maximum absolute atomic E-state index is 7.12. The summed E-state index contributed by atoms with van der Waals surface area (Å²) in [5.41, 5.74) is 5.26. The maximum atomic E-state index is 7.12. The quantitative estimate of drug-likeness (QED) is 0.634. The Labute approximate surface area is 98.6 Å². The highest BCUT2D eigenvalue weighted by Gasteiger charge is 2.08. The van der Waals surface area contributed by atoms with Gasteiger partial charge in [-0.25, -0.2) is 0 Å². The Morgan fingerprint density at radius 2 is 2.20 bits per heavy atom. The van der Waals surface area contributed by atoms with Crippen LogP contribution in [-0.4, -0.2) is 11.9 Å². The van der Waals surface area contributed by atoms with Crippen LogP contribution >= 0.6 is 23.2 Å². The van der Waals surface area contributed by atoms with Crippen LogP contribution in [0.4, 0.5) is 0 Å². The van der Waals surface area contributed by atoms with E-state index in [0.29, 0.717) is 22.2 Å². The molecule has 0 saturated carbocycles. The fourth-order valence-corrected chi connectivity index (χ4v) is 1.59. The lowest BCUT2D eigenvalue weighted by molar-refractivity contribution is 0.229. The van der Waals surface area contributed by atoms with E-state index in [1.54, 1.807) is 18.2 Å². The van der Waals surface area contributed by atoms with Crippen molar-refractivity contribution in [3.63, 3.8) is 0 Å².